The van der Waals surface area contributed by atoms with E-state index in [-0.39, 0.29) is 17.4 Å². The molecule has 4 aliphatic rings. The smallest absolute Gasteiger partial charge is 0.229 e. The summed E-state index contributed by atoms with van der Waals surface area (Å²) in [7, 11) is 0. The first-order valence-electron chi connectivity index (χ1n) is 12.4. The predicted octanol–water partition coefficient (Wildman–Crippen LogP) is 3.44. The number of piperidine rings is 1. The van der Waals surface area contributed by atoms with E-state index < -0.39 is 6.10 Å². The molecule has 1 amide bonds. The Labute approximate surface area is 204 Å². The second-order valence-electron chi connectivity index (χ2n) is 10.6. The Hall–Kier alpha value is -1.77. The quantitative estimate of drug-likeness (QED) is 0.690. The molecule has 4 heterocycles. The zero-order chi connectivity index (χ0) is 23.4. The van der Waals surface area contributed by atoms with Crippen molar-refractivity contribution in [1.82, 2.24) is 9.88 Å². The van der Waals surface area contributed by atoms with Gasteiger partial charge in [-0.2, -0.15) is 0 Å². The number of anilines is 1. The number of aliphatic hydroxyl groups excluding tert-OH is 1. The second-order valence-corrected chi connectivity index (χ2v) is 11.1. The number of fused-ring (bicyclic) bond motifs is 2. The summed E-state index contributed by atoms with van der Waals surface area (Å²) in [5.74, 6) is 1.89. The van der Waals surface area contributed by atoms with Crippen molar-refractivity contribution in [3.63, 3.8) is 0 Å². The number of carbonyl (C=O) groups is 1. The molecule has 0 bridgehead atoms. The number of amides is 1. The van der Waals surface area contributed by atoms with E-state index >= 15 is 0 Å². The SMILES string of the molecule is CC1(N2CCC(c3cc4cc(NC(=O)C5C6CCOCC65)ncc4cc3Cl)CC2)COCC1O. The summed E-state index contributed by atoms with van der Waals surface area (Å²) >= 11 is 6.71. The molecule has 5 unspecified atom stereocenters. The van der Waals surface area contributed by atoms with Crippen molar-refractivity contribution in [3.8, 4) is 0 Å². The minimum atomic E-state index is -0.443. The van der Waals surface area contributed by atoms with Crippen molar-refractivity contribution in [2.75, 3.05) is 44.8 Å². The van der Waals surface area contributed by atoms with Crippen LogP contribution in [0.2, 0.25) is 5.02 Å². The average molecular weight is 486 g/mol. The largest absolute Gasteiger partial charge is 0.389 e. The van der Waals surface area contributed by atoms with Gasteiger partial charge in [-0.05, 0) is 86.2 Å². The molecule has 3 saturated heterocycles. The number of nitrogens with one attached hydrogen (secondary N) is 1. The number of hydrogen-bond acceptors (Lipinski definition) is 6. The lowest BCUT2D eigenvalue weighted by Crippen LogP contribution is -2.56. The summed E-state index contributed by atoms with van der Waals surface area (Å²) < 4.78 is 11.0. The highest BCUT2D eigenvalue weighted by Crippen LogP contribution is 2.51. The number of benzene rings is 1. The Kier molecular flexibility index (Phi) is 5.81. The van der Waals surface area contributed by atoms with Crippen molar-refractivity contribution in [2.45, 2.75) is 43.7 Å². The molecule has 2 N–H and O–H groups in total. The third-order valence-corrected chi connectivity index (χ3v) is 9.00. The van der Waals surface area contributed by atoms with E-state index in [0.29, 0.717) is 43.4 Å². The molecule has 7 nitrogen and oxygen atoms in total. The number of aromatic nitrogens is 1. The molecule has 182 valence electrons. The number of nitrogens with zero attached hydrogens (tertiary/aromatic N) is 2. The number of pyridine rings is 1. The van der Waals surface area contributed by atoms with Gasteiger partial charge in [-0.15, -0.1) is 0 Å². The van der Waals surface area contributed by atoms with Crippen LogP contribution in [0.15, 0.2) is 24.4 Å². The summed E-state index contributed by atoms with van der Waals surface area (Å²) in [4.78, 5) is 19.6. The molecule has 2 aromatic rings. The fourth-order valence-electron chi connectivity index (χ4n) is 6.32. The third kappa shape index (κ3) is 3.91. The van der Waals surface area contributed by atoms with E-state index in [1.807, 2.05) is 12.1 Å². The van der Waals surface area contributed by atoms with E-state index in [9.17, 15) is 9.90 Å². The van der Waals surface area contributed by atoms with Crippen molar-refractivity contribution < 1.29 is 19.4 Å². The van der Waals surface area contributed by atoms with Crippen LogP contribution in [0, 0.1) is 17.8 Å². The number of hydrogen-bond donors (Lipinski definition) is 2. The molecule has 34 heavy (non-hydrogen) atoms. The fourth-order valence-corrected chi connectivity index (χ4v) is 6.65. The van der Waals surface area contributed by atoms with Crippen LogP contribution in [0.3, 0.4) is 0 Å². The minimum absolute atomic E-state index is 0.0524. The maximum absolute atomic E-state index is 12.8. The number of ether oxygens (including phenoxy) is 2. The van der Waals surface area contributed by atoms with Crippen molar-refractivity contribution in [2.24, 2.45) is 17.8 Å². The molecule has 4 fully saturated rings. The average Bonchev–Trinajstić information content (AvgIpc) is 3.48. The van der Waals surface area contributed by atoms with Gasteiger partial charge in [0.25, 0.3) is 0 Å². The highest BCUT2D eigenvalue weighted by Gasteiger charge is 2.55. The molecule has 3 aliphatic heterocycles. The second kappa shape index (κ2) is 8.71. The lowest BCUT2D eigenvalue weighted by molar-refractivity contribution is -0.117. The fraction of sp³-hybridized carbons (Fsp3) is 0.615. The minimum Gasteiger partial charge on any atom is -0.389 e. The maximum atomic E-state index is 12.8. The van der Waals surface area contributed by atoms with Crippen molar-refractivity contribution in [3.05, 3.63) is 35.0 Å². The Morgan fingerprint density at radius 1 is 1.15 bits per heavy atom. The van der Waals surface area contributed by atoms with Crippen LogP contribution in [0.4, 0.5) is 5.82 Å². The maximum Gasteiger partial charge on any atom is 0.229 e. The van der Waals surface area contributed by atoms with E-state index in [2.05, 4.69) is 28.2 Å². The summed E-state index contributed by atoms with van der Waals surface area (Å²) in [6.07, 6.45) is 4.28. The molecule has 6 rings (SSSR count). The van der Waals surface area contributed by atoms with Gasteiger partial charge in [0.2, 0.25) is 5.91 Å². The van der Waals surface area contributed by atoms with Crippen LogP contribution in [0.25, 0.3) is 10.8 Å². The third-order valence-electron chi connectivity index (χ3n) is 8.67. The molecule has 1 aliphatic carbocycles. The first-order valence-corrected chi connectivity index (χ1v) is 12.8. The van der Waals surface area contributed by atoms with Gasteiger partial charge in [0.05, 0.1) is 31.5 Å². The molecular formula is C26H32ClN3O4. The number of halogens is 1. The summed E-state index contributed by atoms with van der Waals surface area (Å²) in [6, 6.07) is 6.10. The lowest BCUT2D eigenvalue weighted by Gasteiger charge is -2.43. The Morgan fingerprint density at radius 3 is 2.68 bits per heavy atom. The summed E-state index contributed by atoms with van der Waals surface area (Å²) in [5, 5.41) is 16.2. The van der Waals surface area contributed by atoms with Gasteiger partial charge < -0.3 is 19.9 Å². The summed E-state index contributed by atoms with van der Waals surface area (Å²) in [6.45, 7) is 6.35. The molecule has 1 aromatic heterocycles. The van der Waals surface area contributed by atoms with Gasteiger partial charge >= 0.3 is 0 Å². The monoisotopic (exact) mass is 485 g/mol. The van der Waals surface area contributed by atoms with Gasteiger partial charge in [-0.25, -0.2) is 4.98 Å². The van der Waals surface area contributed by atoms with E-state index in [0.717, 1.165) is 60.3 Å². The topological polar surface area (TPSA) is 83.9 Å². The Balaban J connectivity index is 1.16. The Morgan fingerprint density at radius 2 is 1.97 bits per heavy atom. The molecule has 5 atom stereocenters. The van der Waals surface area contributed by atoms with E-state index in [1.54, 1.807) is 6.20 Å². The van der Waals surface area contributed by atoms with Gasteiger partial charge in [0.15, 0.2) is 0 Å². The lowest BCUT2D eigenvalue weighted by atomic mass is 9.85. The molecule has 1 aromatic carbocycles. The van der Waals surface area contributed by atoms with Crippen LogP contribution in [-0.2, 0) is 14.3 Å². The number of rotatable bonds is 4. The molecule has 0 spiro atoms. The first kappa shape index (κ1) is 22.7. The number of likely N-dealkylation sites (tertiary alicyclic amines) is 1. The van der Waals surface area contributed by atoms with Gasteiger partial charge in [-0.3, -0.25) is 9.69 Å². The van der Waals surface area contributed by atoms with Crippen LogP contribution < -0.4 is 5.32 Å². The zero-order valence-corrected chi connectivity index (χ0v) is 20.3. The van der Waals surface area contributed by atoms with Crippen LogP contribution in [-0.4, -0.2) is 72.1 Å². The van der Waals surface area contributed by atoms with Crippen LogP contribution in [0.5, 0.6) is 0 Å². The van der Waals surface area contributed by atoms with Gasteiger partial charge in [0, 0.05) is 29.1 Å². The highest BCUT2D eigenvalue weighted by atomic mass is 35.5. The molecular weight excluding hydrogens is 454 g/mol. The van der Waals surface area contributed by atoms with Crippen molar-refractivity contribution in [1.29, 1.82) is 0 Å². The van der Waals surface area contributed by atoms with E-state index in [4.69, 9.17) is 21.1 Å². The zero-order valence-electron chi connectivity index (χ0n) is 19.5. The van der Waals surface area contributed by atoms with Gasteiger partial charge in [-0.1, -0.05) is 11.6 Å². The van der Waals surface area contributed by atoms with E-state index in [1.165, 1.54) is 0 Å². The van der Waals surface area contributed by atoms with Gasteiger partial charge in [0.1, 0.15) is 5.82 Å². The van der Waals surface area contributed by atoms with Crippen LogP contribution in [0.1, 0.15) is 37.7 Å². The molecule has 0 radical (unpaired) electrons. The van der Waals surface area contributed by atoms with Crippen molar-refractivity contribution >= 4 is 34.1 Å². The highest BCUT2D eigenvalue weighted by molar-refractivity contribution is 6.32. The van der Waals surface area contributed by atoms with Crippen LogP contribution >= 0.6 is 11.6 Å². The molecule has 8 heteroatoms. The first-order chi connectivity index (χ1) is 16.4. The number of carbonyl (C=O) groups excluding carboxylic acids is 1. The predicted molar refractivity (Wildman–Crippen MR) is 130 cm³/mol. The Bertz CT molecular complexity index is 1090. The normalized spacial score (nSPS) is 34.2. The standard InChI is InChI=1S/C26H32ClN3O4/c1-26(14-34-13-22(26)31)30-5-2-15(3-6-30)19-8-16-10-23(28-11-17(16)9-21(19)27)29-25(32)24-18-4-7-33-12-20(18)24/h8-11,15,18,20,22,24,31H,2-7,12-14H2,1H3,(H,28,29,32). The number of aliphatic hydroxyl groups is 1. The molecule has 1 saturated carbocycles. The summed E-state index contributed by atoms with van der Waals surface area (Å²) in [5.41, 5.74) is 0.846.